The molecule has 0 heterocycles. The van der Waals surface area contributed by atoms with Crippen molar-refractivity contribution >= 4 is 13.1 Å². The molecule has 1 N–H and O–H groups in total. The van der Waals surface area contributed by atoms with Crippen LogP contribution in [0.1, 0.15) is 18.1 Å². The van der Waals surface area contributed by atoms with Gasteiger partial charge in [-0.15, -0.1) is 0 Å². The molecule has 0 aliphatic carbocycles. The van der Waals surface area contributed by atoms with Crippen molar-refractivity contribution in [2.24, 2.45) is 0 Å². The van der Waals surface area contributed by atoms with E-state index in [2.05, 4.69) is 0 Å². The highest BCUT2D eigenvalue weighted by atomic mass is 31.1. The van der Waals surface area contributed by atoms with Crippen LogP contribution in [0.25, 0.3) is 0 Å². The molecule has 0 saturated heterocycles. The van der Waals surface area contributed by atoms with E-state index in [9.17, 15) is 9.67 Å². The van der Waals surface area contributed by atoms with Crippen LogP contribution in [0.2, 0.25) is 0 Å². The Morgan fingerprint density at radius 3 is 2.24 bits per heavy atom. The van der Waals surface area contributed by atoms with Crippen molar-refractivity contribution in [3.63, 3.8) is 0 Å². The summed E-state index contributed by atoms with van der Waals surface area (Å²) in [6.45, 7) is 1.88. The van der Waals surface area contributed by atoms with Crippen molar-refractivity contribution < 1.29 is 9.67 Å². The second-order valence-corrected chi connectivity index (χ2v) is 5.84. The zero-order valence-electron chi connectivity index (χ0n) is 9.58. The van der Waals surface area contributed by atoms with E-state index in [1.54, 1.807) is 12.1 Å². The van der Waals surface area contributed by atoms with Gasteiger partial charge in [-0.05, 0) is 25.1 Å². The van der Waals surface area contributed by atoms with Gasteiger partial charge in [-0.3, -0.25) is 0 Å². The van der Waals surface area contributed by atoms with Gasteiger partial charge in [0, 0.05) is 5.56 Å². The highest BCUT2D eigenvalue weighted by molar-refractivity contribution is 7.53. The number of rotatable bonds is 3. The Bertz CT molecular complexity index is 523. The predicted molar refractivity (Wildman–Crippen MR) is 70.2 cm³/mol. The summed E-state index contributed by atoms with van der Waals surface area (Å²) in [5, 5.41) is 10.6. The summed E-state index contributed by atoms with van der Waals surface area (Å²) >= 11 is 0. The molecule has 2 rings (SSSR count). The number of aromatic hydroxyl groups is 1. The van der Waals surface area contributed by atoms with E-state index in [1.165, 1.54) is 0 Å². The van der Waals surface area contributed by atoms with E-state index in [4.69, 9.17) is 0 Å². The van der Waals surface area contributed by atoms with Crippen LogP contribution in [-0.4, -0.2) is 5.11 Å². The molecule has 0 saturated carbocycles. The molecule has 0 spiro atoms. The van der Waals surface area contributed by atoms with Crippen molar-refractivity contribution in [1.82, 2.24) is 0 Å². The van der Waals surface area contributed by atoms with Crippen molar-refractivity contribution in [2.75, 3.05) is 0 Å². The van der Waals surface area contributed by atoms with Gasteiger partial charge in [0.1, 0.15) is 5.75 Å². The fraction of sp³-hybridized carbons (Fsp3) is 0.143. The molecule has 2 aromatic carbocycles. The molecule has 2 nitrogen and oxygen atoms in total. The Morgan fingerprint density at radius 1 is 1.00 bits per heavy atom. The summed E-state index contributed by atoms with van der Waals surface area (Å²) in [4.78, 5) is 0. The molecule has 0 fully saturated rings. The van der Waals surface area contributed by atoms with Gasteiger partial charge in [0.15, 0.2) is 11.0 Å². The first kappa shape index (κ1) is 11.8. The van der Waals surface area contributed by atoms with E-state index >= 15 is 0 Å². The minimum Gasteiger partial charge on any atom is -0.507 e. The highest BCUT2D eigenvalue weighted by Crippen LogP contribution is 2.42. The van der Waals surface area contributed by atoms with Crippen molar-refractivity contribution in [2.45, 2.75) is 12.6 Å². The van der Waals surface area contributed by atoms with E-state index in [1.807, 2.05) is 49.4 Å². The maximum absolute atomic E-state index is 12.3. The summed E-state index contributed by atoms with van der Waals surface area (Å²) in [6.07, 6.45) is 0. The van der Waals surface area contributed by atoms with Gasteiger partial charge < -0.3 is 5.11 Å². The van der Waals surface area contributed by atoms with Crippen molar-refractivity contribution in [3.8, 4) is 5.75 Å². The lowest BCUT2D eigenvalue weighted by molar-refractivity contribution is 0.467. The molecule has 0 bridgehead atoms. The van der Waals surface area contributed by atoms with Crippen LogP contribution in [0.15, 0.2) is 54.6 Å². The van der Waals surface area contributed by atoms with E-state index in [0.717, 1.165) is 10.9 Å². The van der Waals surface area contributed by atoms with E-state index in [0.29, 0.717) is 0 Å². The number of hydrogen-bond donors (Lipinski definition) is 1. The lowest BCUT2D eigenvalue weighted by Gasteiger charge is -2.04. The summed E-state index contributed by atoms with van der Waals surface area (Å²) in [7, 11) is -1.54. The first-order chi connectivity index (χ1) is 8.20. The first-order valence-corrected chi connectivity index (χ1v) is 6.82. The third-order valence-electron chi connectivity index (χ3n) is 2.75. The second kappa shape index (κ2) is 5.11. The summed E-state index contributed by atoms with van der Waals surface area (Å²) in [5.74, 6) is 0.208. The molecule has 2 atom stereocenters. The zero-order valence-corrected chi connectivity index (χ0v) is 10.5. The molecule has 0 aliphatic heterocycles. The minimum absolute atomic E-state index is 0.186. The molecule has 17 heavy (non-hydrogen) atoms. The summed E-state index contributed by atoms with van der Waals surface area (Å²) in [6, 6.07) is 16.4. The van der Waals surface area contributed by atoms with Gasteiger partial charge >= 0.3 is 7.80 Å². The number of para-hydroxylation sites is 1. The molecule has 0 radical (unpaired) electrons. The average Bonchev–Trinajstić information content (AvgIpc) is 2.39. The molecule has 0 aromatic heterocycles. The molecular weight excluding hydrogens is 231 g/mol. The molecule has 2 unspecified atom stereocenters. The largest absolute Gasteiger partial charge is 0.507 e. The van der Waals surface area contributed by atoms with Crippen LogP contribution in [0, 0.1) is 0 Å². The molecule has 0 aliphatic rings. The zero-order chi connectivity index (χ0) is 12.3. The number of hydrogen-bond acceptors (Lipinski definition) is 2. The fourth-order valence-electron chi connectivity index (χ4n) is 1.77. The van der Waals surface area contributed by atoms with Crippen LogP contribution < -0.4 is 5.30 Å². The Balaban J connectivity index is 2.30. The second-order valence-electron chi connectivity index (χ2n) is 3.90. The highest BCUT2D eigenvalue weighted by Gasteiger charge is 2.31. The van der Waals surface area contributed by atoms with Gasteiger partial charge in [0.05, 0.1) is 0 Å². The Morgan fingerprint density at radius 2 is 1.59 bits per heavy atom. The predicted octanol–water partition coefficient (Wildman–Crippen LogP) is 3.61. The average molecular weight is 245 g/mol. The lowest BCUT2D eigenvalue weighted by Crippen LogP contribution is -2.00. The third-order valence-corrected chi connectivity index (χ3v) is 4.54. The topological polar surface area (TPSA) is 37.3 Å². The van der Waals surface area contributed by atoms with Gasteiger partial charge in [0.2, 0.25) is 0 Å². The maximum atomic E-state index is 12.3. The van der Waals surface area contributed by atoms with E-state index < -0.39 is 7.80 Å². The number of benzene rings is 2. The standard InChI is InChI=1S/C14H13O2P/c1-11(13-9-5-6-10-14(13)15)17(16)12-7-3-2-4-8-12/h2-11H,1H3/p+1. The smallest absolute Gasteiger partial charge is 0.384 e. The summed E-state index contributed by atoms with van der Waals surface area (Å²) < 4.78 is 12.3. The van der Waals surface area contributed by atoms with Crippen LogP contribution in [-0.2, 0) is 4.57 Å². The lowest BCUT2D eigenvalue weighted by atomic mass is 10.1. The first-order valence-electron chi connectivity index (χ1n) is 5.49. The molecule has 3 heteroatoms. The SMILES string of the molecule is CC(c1ccccc1O)[P+](=O)c1ccccc1. The van der Waals surface area contributed by atoms with Crippen LogP contribution >= 0.6 is 7.80 Å². The van der Waals surface area contributed by atoms with Gasteiger partial charge in [0.25, 0.3) is 0 Å². The molecule has 0 amide bonds. The monoisotopic (exact) mass is 245 g/mol. The Hall–Kier alpha value is -1.66. The van der Waals surface area contributed by atoms with Crippen molar-refractivity contribution in [1.29, 1.82) is 0 Å². The molecule has 86 valence electrons. The Labute approximate surface area is 102 Å². The van der Waals surface area contributed by atoms with Crippen molar-refractivity contribution in [3.05, 3.63) is 60.2 Å². The number of phenols is 1. The third kappa shape index (κ3) is 2.54. The maximum Gasteiger partial charge on any atom is 0.384 e. The van der Waals surface area contributed by atoms with E-state index in [-0.39, 0.29) is 11.4 Å². The van der Waals surface area contributed by atoms with Gasteiger partial charge in [-0.1, -0.05) is 41.0 Å². The van der Waals surface area contributed by atoms with Crippen LogP contribution in [0.4, 0.5) is 0 Å². The molecular formula is C14H14O2P+. The number of phenolic OH excluding ortho intramolecular Hbond substituents is 1. The normalized spacial score (nSPS) is 13.1. The van der Waals surface area contributed by atoms with Gasteiger partial charge in [-0.2, -0.15) is 0 Å². The molecule has 2 aromatic rings. The van der Waals surface area contributed by atoms with Crippen LogP contribution in [0.3, 0.4) is 0 Å². The fourth-order valence-corrected chi connectivity index (χ4v) is 3.15. The quantitative estimate of drug-likeness (QED) is 0.839. The van der Waals surface area contributed by atoms with Crippen LogP contribution in [0.5, 0.6) is 5.75 Å². The summed E-state index contributed by atoms with van der Waals surface area (Å²) in [5.41, 5.74) is 0.547. The van der Waals surface area contributed by atoms with Gasteiger partial charge in [-0.25, -0.2) is 0 Å². The minimum atomic E-state index is -1.54. The Kier molecular flexibility index (Phi) is 3.55.